The standard InChI is InChI=1S/C19H16O/c1-13-7-12-18(19-6-4-3-5-17(13)19)16-10-8-15(9-11-16)14(2)20/h3-12H,1-2H3. The molecule has 20 heavy (non-hydrogen) atoms. The molecular formula is C19H16O. The van der Waals surface area contributed by atoms with Gasteiger partial charge in [0.2, 0.25) is 0 Å². The van der Waals surface area contributed by atoms with Crippen LogP contribution in [0.2, 0.25) is 0 Å². The summed E-state index contributed by atoms with van der Waals surface area (Å²) < 4.78 is 0. The summed E-state index contributed by atoms with van der Waals surface area (Å²) in [7, 11) is 0. The van der Waals surface area contributed by atoms with Crippen LogP contribution in [-0.2, 0) is 0 Å². The van der Waals surface area contributed by atoms with E-state index >= 15 is 0 Å². The Hall–Kier alpha value is -2.41. The molecule has 0 radical (unpaired) electrons. The number of carbonyl (C=O) groups is 1. The minimum atomic E-state index is 0.102. The Kier molecular flexibility index (Phi) is 3.11. The summed E-state index contributed by atoms with van der Waals surface area (Å²) in [6.45, 7) is 3.72. The molecule has 0 spiro atoms. The predicted molar refractivity (Wildman–Crippen MR) is 84.1 cm³/mol. The second-order valence-electron chi connectivity index (χ2n) is 5.11. The highest BCUT2D eigenvalue weighted by molar-refractivity contribution is 5.99. The van der Waals surface area contributed by atoms with Crippen molar-refractivity contribution in [3.05, 3.63) is 71.8 Å². The highest BCUT2D eigenvalue weighted by Crippen LogP contribution is 2.30. The van der Waals surface area contributed by atoms with Crippen molar-refractivity contribution in [3.63, 3.8) is 0 Å². The van der Waals surface area contributed by atoms with E-state index in [1.54, 1.807) is 6.92 Å². The van der Waals surface area contributed by atoms with Crippen molar-refractivity contribution in [1.29, 1.82) is 0 Å². The topological polar surface area (TPSA) is 17.1 Å². The van der Waals surface area contributed by atoms with Gasteiger partial charge in [-0.1, -0.05) is 60.7 Å². The van der Waals surface area contributed by atoms with Crippen LogP contribution >= 0.6 is 0 Å². The lowest BCUT2D eigenvalue weighted by Gasteiger charge is -2.09. The Labute approximate surface area is 118 Å². The molecule has 0 amide bonds. The van der Waals surface area contributed by atoms with Gasteiger partial charge in [0.05, 0.1) is 0 Å². The lowest BCUT2D eigenvalue weighted by atomic mass is 9.95. The van der Waals surface area contributed by atoms with Crippen molar-refractivity contribution in [1.82, 2.24) is 0 Å². The van der Waals surface area contributed by atoms with Crippen LogP contribution in [0, 0.1) is 6.92 Å². The fraction of sp³-hybridized carbons (Fsp3) is 0.105. The third-order valence-corrected chi connectivity index (χ3v) is 3.74. The lowest BCUT2D eigenvalue weighted by molar-refractivity contribution is 0.101. The van der Waals surface area contributed by atoms with Gasteiger partial charge in [-0.2, -0.15) is 0 Å². The maximum absolute atomic E-state index is 11.4. The van der Waals surface area contributed by atoms with Crippen LogP contribution in [0.4, 0.5) is 0 Å². The first-order chi connectivity index (χ1) is 9.66. The molecule has 0 aliphatic heterocycles. The quantitative estimate of drug-likeness (QED) is 0.591. The first kappa shape index (κ1) is 12.6. The molecule has 0 bridgehead atoms. The van der Waals surface area contributed by atoms with E-state index in [4.69, 9.17) is 0 Å². The van der Waals surface area contributed by atoms with E-state index in [9.17, 15) is 4.79 Å². The molecule has 0 aliphatic carbocycles. The first-order valence-electron chi connectivity index (χ1n) is 6.76. The molecule has 0 unspecified atom stereocenters. The lowest BCUT2D eigenvalue weighted by Crippen LogP contribution is -1.91. The summed E-state index contributed by atoms with van der Waals surface area (Å²) in [4.78, 5) is 11.4. The van der Waals surface area contributed by atoms with Crippen LogP contribution in [0.5, 0.6) is 0 Å². The van der Waals surface area contributed by atoms with Gasteiger partial charge in [0, 0.05) is 5.56 Å². The maximum Gasteiger partial charge on any atom is 0.159 e. The van der Waals surface area contributed by atoms with Gasteiger partial charge in [-0.25, -0.2) is 0 Å². The molecule has 0 saturated heterocycles. The highest BCUT2D eigenvalue weighted by atomic mass is 16.1. The molecule has 3 aromatic carbocycles. The van der Waals surface area contributed by atoms with Crippen molar-refractivity contribution in [2.75, 3.05) is 0 Å². The zero-order chi connectivity index (χ0) is 14.1. The number of hydrogen-bond acceptors (Lipinski definition) is 1. The zero-order valence-corrected chi connectivity index (χ0v) is 11.7. The number of ketones is 1. The number of aryl methyl sites for hydroxylation is 1. The van der Waals surface area contributed by atoms with Gasteiger partial charge >= 0.3 is 0 Å². The summed E-state index contributed by atoms with van der Waals surface area (Å²) in [5.41, 5.74) is 4.39. The van der Waals surface area contributed by atoms with E-state index in [-0.39, 0.29) is 5.78 Å². The van der Waals surface area contributed by atoms with Crippen LogP contribution in [0.1, 0.15) is 22.8 Å². The molecular weight excluding hydrogens is 244 g/mol. The molecule has 0 aliphatic rings. The van der Waals surface area contributed by atoms with E-state index in [0.717, 1.165) is 11.1 Å². The molecule has 98 valence electrons. The van der Waals surface area contributed by atoms with Gasteiger partial charge in [0.15, 0.2) is 5.78 Å². The summed E-state index contributed by atoms with van der Waals surface area (Å²) >= 11 is 0. The van der Waals surface area contributed by atoms with Crippen molar-refractivity contribution >= 4 is 16.6 Å². The number of rotatable bonds is 2. The van der Waals surface area contributed by atoms with Crippen molar-refractivity contribution in [3.8, 4) is 11.1 Å². The van der Waals surface area contributed by atoms with E-state index in [1.165, 1.54) is 21.9 Å². The highest BCUT2D eigenvalue weighted by Gasteiger charge is 2.06. The minimum Gasteiger partial charge on any atom is -0.295 e. The third kappa shape index (κ3) is 2.12. The molecule has 0 heterocycles. The third-order valence-electron chi connectivity index (χ3n) is 3.74. The van der Waals surface area contributed by atoms with Crippen molar-refractivity contribution in [2.45, 2.75) is 13.8 Å². The Morgan fingerprint density at radius 1 is 0.800 bits per heavy atom. The molecule has 3 aromatic rings. The molecule has 1 heteroatoms. The molecule has 3 rings (SSSR count). The Morgan fingerprint density at radius 2 is 1.45 bits per heavy atom. The Morgan fingerprint density at radius 3 is 2.10 bits per heavy atom. The molecule has 0 fully saturated rings. The van der Waals surface area contributed by atoms with Crippen LogP contribution in [0.3, 0.4) is 0 Å². The number of fused-ring (bicyclic) bond motifs is 1. The van der Waals surface area contributed by atoms with Crippen LogP contribution in [0.25, 0.3) is 21.9 Å². The summed E-state index contributed by atoms with van der Waals surface area (Å²) in [6.07, 6.45) is 0. The summed E-state index contributed by atoms with van der Waals surface area (Å²) in [5, 5.41) is 2.53. The Bertz CT molecular complexity index is 782. The first-order valence-corrected chi connectivity index (χ1v) is 6.76. The average molecular weight is 260 g/mol. The predicted octanol–water partition coefficient (Wildman–Crippen LogP) is 5.02. The zero-order valence-electron chi connectivity index (χ0n) is 11.7. The van der Waals surface area contributed by atoms with E-state index in [2.05, 4.69) is 43.3 Å². The van der Waals surface area contributed by atoms with Crippen LogP contribution in [-0.4, -0.2) is 5.78 Å². The second kappa shape index (κ2) is 4.93. The normalized spacial score (nSPS) is 10.7. The maximum atomic E-state index is 11.4. The van der Waals surface area contributed by atoms with Crippen LogP contribution in [0.15, 0.2) is 60.7 Å². The molecule has 0 aromatic heterocycles. The van der Waals surface area contributed by atoms with Gasteiger partial charge in [0.25, 0.3) is 0 Å². The largest absolute Gasteiger partial charge is 0.295 e. The average Bonchev–Trinajstić information content (AvgIpc) is 2.48. The molecule has 0 N–H and O–H groups in total. The SMILES string of the molecule is CC(=O)c1ccc(-c2ccc(C)c3ccccc23)cc1. The number of carbonyl (C=O) groups excluding carboxylic acids is 1. The van der Waals surface area contributed by atoms with Gasteiger partial charge in [-0.3, -0.25) is 4.79 Å². The minimum absolute atomic E-state index is 0.102. The van der Waals surface area contributed by atoms with Gasteiger partial charge < -0.3 is 0 Å². The summed E-state index contributed by atoms with van der Waals surface area (Å²) in [6, 6.07) is 20.6. The number of hydrogen-bond donors (Lipinski definition) is 0. The number of Topliss-reactive ketones (excluding diaryl/α,β-unsaturated/α-hetero) is 1. The fourth-order valence-corrected chi connectivity index (χ4v) is 2.59. The monoisotopic (exact) mass is 260 g/mol. The van der Waals surface area contributed by atoms with E-state index < -0.39 is 0 Å². The Balaban J connectivity index is 2.19. The fourth-order valence-electron chi connectivity index (χ4n) is 2.59. The number of benzene rings is 3. The van der Waals surface area contributed by atoms with E-state index in [1.807, 2.05) is 24.3 Å². The van der Waals surface area contributed by atoms with E-state index in [0.29, 0.717) is 0 Å². The summed E-state index contributed by atoms with van der Waals surface area (Å²) in [5.74, 6) is 0.102. The van der Waals surface area contributed by atoms with Gasteiger partial charge in [0.1, 0.15) is 0 Å². The molecule has 0 atom stereocenters. The molecule has 1 nitrogen and oxygen atoms in total. The second-order valence-corrected chi connectivity index (χ2v) is 5.11. The molecule has 0 saturated carbocycles. The van der Waals surface area contributed by atoms with Crippen molar-refractivity contribution < 1.29 is 4.79 Å². The van der Waals surface area contributed by atoms with Gasteiger partial charge in [-0.15, -0.1) is 0 Å². The van der Waals surface area contributed by atoms with Gasteiger partial charge in [-0.05, 0) is 41.3 Å². The van der Waals surface area contributed by atoms with Crippen LogP contribution < -0.4 is 0 Å². The smallest absolute Gasteiger partial charge is 0.159 e. The van der Waals surface area contributed by atoms with Crippen molar-refractivity contribution in [2.24, 2.45) is 0 Å².